The molecule has 202 valence electrons. The number of carbonyl (C=O) groups is 2. The number of carbonyl (C=O) groups excluding carboxylic acids is 2. The Morgan fingerprint density at radius 3 is 2.45 bits per heavy atom. The summed E-state index contributed by atoms with van der Waals surface area (Å²) in [4.78, 5) is 37.4. The summed E-state index contributed by atoms with van der Waals surface area (Å²) < 4.78 is 25.3. The second kappa shape index (κ2) is 11.1. The normalized spacial score (nSPS) is 19.4. The lowest BCUT2D eigenvalue weighted by Crippen LogP contribution is -2.44. The van der Waals surface area contributed by atoms with Crippen molar-refractivity contribution in [3.8, 4) is 17.0 Å². The van der Waals surface area contributed by atoms with E-state index in [0.717, 1.165) is 38.5 Å². The number of hydrogen-bond donors (Lipinski definition) is 3. The molecule has 1 aromatic carbocycles. The molecule has 9 nitrogen and oxygen atoms in total. The molecule has 3 N–H and O–H groups in total. The maximum atomic E-state index is 14.4. The second-order valence-electron chi connectivity index (χ2n) is 10.4. The van der Waals surface area contributed by atoms with Gasteiger partial charge in [0.15, 0.2) is 0 Å². The number of halogens is 1. The molecule has 38 heavy (non-hydrogen) atoms. The van der Waals surface area contributed by atoms with E-state index in [-0.39, 0.29) is 36.3 Å². The predicted molar refractivity (Wildman–Crippen MR) is 141 cm³/mol. The fraction of sp³-hybridized carbons (Fsp3) is 0.500. The van der Waals surface area contributed by atoms with Gasteiger partial charge in [0, 0.05) is 36.5 Å². The van der Waals surface area contributed by atoms with E-state index in [1.807, 2.05) is 6.92 Å². The van der Waals surface area contributed by atoms with Gasteiger partial charge in [-0.25, -0.2) is 14.4 Å². The van der Waals surface area contributed by atoms with Crippen molar-refractivity contribution in [2.45, 2.75) is 64.5 Å². The molecule has 2 fully saturated rings. The smallest absolute Gasteiger partial charge is 0.255 e. The van der Waals surface area contributed by atoms with Crippen molar-refractivity contribution in [3.05, 3.63) is 41.1 Å². The van der Waals surface area contributed by atoms with Gasteiger partial charge in [-0.1, -0.05) is 0 Å². The van der Waals surface area contributed by atoms with Crippen LogP contribution in [0.15, 0.2) is 18.5 Å². The molecule has 0 radical (unpaired) electrons. The van der Waals surface area contributed by atoms with Crippen LogP contribution >= 0.6 is 0 Å². The fourth-order valence-corrected chi connectivity index (χ4v) is 5.10. The first-order chi connectivity index (χ1) is 18.3. The van der Waals surface area contributed by atoms with E-state index in [1.165, 1.54) is 19.5 Å². The Morgan fingerprint density at radius 1 is 1.05 bits per heavy atom. The summed E-state index contributed by atoms with van der Waals surface area (Å²) in [6.45, 7) is 4.13. The molecule has 5 rings (SSSR count). The molecule has 2 aromatic heterocycles. The minimum Gasteiger partial charge on any atom is -0.492 e. The number of ether oxygens (including phenoxy) is 2. The highest BCUT2D eigenvalue weighted by Crippen LogP contribution is 2.37. The van der Waals surface area contributed by atoms with Gasteiger partial charge in [-0.05, 0) is 69.9 Å². The summed E-state index contributed by atoms with van der Waals surface area (Å²) in [6, 6.07) is 3.25. The number of nitrogens with zero attached hydrogens (tertiary/aromatic N) is 2. The molecule has 3 aromatic rings. The number of methoxy groups -OCH3 is 1. The van der Waals surface area contributed by atoms with Crippen molar-refractivity contribution in [1.29, 1.82) is 0 Å². The van der Waals surface area contributed by atoms with Gasteiger partial charge in [0.2, 0.25) is 5.91 Å². The first kappa shape index (κ1) is 26.1. The summed E-state index contributed by atoms with van der Waals surface area (Å²) in [5, 5.41) is 6.12. The summed E-state index contributed by atoms with van der Waals surface area (Å²) in [6.07, 6.45) is 6.78. The van der Waals surface area contributed by atoms with Gasteiger partial charge in [-0.3, -0.25) is 9.59 Å². The van der Waals surface area contributed by atoms with Crippen molar-refractivity contribution in [2.75, 3.05) is 20.3 Å². The predicted octanol–water partition coefficient (Wildman–Crippen LogP) is 3.97. The number of aryl methyl sites for hydroxylation is 2. The molecule has 0 bridgehead atoms. The number of hydrogen-bond acceptors (Lipinski definition) is 6. The Morgan fingerprint density at radius 2 is 1.76 bits per heavy atom. The maximum Gasteiger partial charge on any atom is 0.255 e. The Kier molecular flexibility index (Phi) is 7.60. The van der Waals surface area contributed by atoms with Crippen LogP contribution in [0.2, 0.25) is 0 Å². The van der Waals surface area contributed by atoms with Gasteiger partial charge in [0.25, 0.3) is 5.91 Å². The molecule has 2 amide bonds. The number of aromatic nitrogens is 3. The monoisotopic (exact) mass is 523 g/mol. The van der Waals surface area contributed by atoms with Crippen LogP contribution in [-0.2, 0) is 9.53 Å². The van der Waals surface area contributed by atoms with E-state index in [0.29, 0.717) is 57.4 Å². The molecule has 0 aliphatic heterocycles. The minimum atomic E-state index is -0.333. The third-order valence-corrected chi connectivity index (χ3v) is 7.39. The Labute approximate surface area is 220 Å². The van der Waals surface area contributed by atoms with Crippen LogP contribution in [0.3, 0.4) is 0 Å². The zero-order chi connectivity index (χ0) is 26.8. The Hall–Kier alpha value is -3.53. The highest BCUT2D eigenvalue weighted by molar-refractivity contribution is 6.09. The van der Waals surface area contributed by atoms with Gasteiger partial charge in [0.1, 0.15) is 35.7 Å². The van der Waals surface area contributed by atoms with E-state index in [9.17, 15) is 14.0 Å². The van der Waals surface area contributed by atoms with Crippen LogP contribution in [-0.4, -0.2) is 59.2 Å². The number of fused-ring (bicyclic) bond motifs is 1. The van der Waals surface area contributed by atoms with Crippen LogP contribution in [0.1, 0.15) is 60.1 Å². The quantitative estimate of drug-likeness (QED) is 0.391. The fourth-order valence-electron chi connectivity index (χ4n) is 5.10. The highest BCUT2D eigenvalue weighted by atomic mass is 19.1. The Bertz CT molecular complexity index is 1340. The lowest BCUT2D eigenvalue weighted by Gasteiger charge is -2.29. The third kappa shape index (κ3) is 5.65. The van der Waals surface area contributed by atoms with Crippen molar-refractivity contribution < 1.29 is 23.5 Å². The number of nitrogens with one attached hydrogen (secondary N) is 3. The van der Waals surface area contributed by atoms with Crippen molar-refractivity contribution >= 4 is 22.8 Å². The Balaban J connectivity index is 1.36. The molecule has 10 heteroatoms. The molecule has 2 heterocycles. The minimum absolute atomic E-state index is 0.00547. The number of H-pyrrole nitrogens is 1. The first-order valence-corrected chi connectivity index (χ1v) is 13.2. The van der Waals surface area contributed by atoms with E-state index < -0.39 is 0 Å². The molecular weight excluding hydrogens is 489 g/mol. The van der Waals surface area contributed by atoms with E-state index in [1.54, 1.807) is 13.0 Å². The van der Waals surface area contributed by atoms with Crippen LogP contribution in [0.5, 0.6) is 5.75 Å². The van der Waals surface area contributed by atoms with Gasteiger partial charge in [0.05, 0.1) is 17.7 Å². The van der Waals surface area contributed by atoms with Crippen LogP contribution in [0.25, 0.3) is 22.3 Å². The summed E-state index contributed by atoms with van der Waals surface area (Å²) >= 11 is 0. The molecule has 0 atom stereocenters. The third-order valence-electron chi connectivity index (χ3n) is 7.39. The SMILES string of the molecule is COCC(=O)NC1CCC(NC(=O)c2c(C)[nH]c3c(-c4cc(C)c(F)cc4OCC4CC4)ncnc23)CC1. The first-order valence-electron chi connectivity index (χ1n) is 13.2. The van der Waals surface area contributed by atoms with Crippen molar-refractivity contribution in [3.63, 3.8) is 0 Å². The number of rotatable bonds is 9. The number of amides is 2. The molecular formula is C28H34FN5O4. The topological polar surface area (TPSA) is 118 Å². The van der Waals surface area contributed by atoms with E-state index in [2.05, 4.69) is 25.6 Å². The summed E-state index contributed by atoms with van der Waals surface area (Å²) in [5.41, 5.74) is 4.00. The summed E-state index contributed by atoms with van der Waals surface area (Å²) in [7, 11) is 1.50. The standard InChI is InChI=1S/C28H34FN5O4/c1-15-10-20(22(11-21(15)29)38-12-17-4-5-17)25-27-26(31-14-30-25)24(16(2)32-27)28(36)34-19-8-6-18(7-9-19)33-23(35)13-37-3/h10-11,14,17-19,32H,4-9,12-13H2,1-3H3,(H,33,35)(H,34,36). The lowest BCUT2D eigenvalue weighted by molar-refractivity contribution is -0.125. The van der Waals surface area contributed by atoms with Crippen LogP contribution in [0.4, 0.5) is 4.39 Å². The number of benzene rings is 1. The highest BCUT2D eigenvalue weighted by Gasteiger charge is 2.28. The molecule has 0 saturated heterocycles. The van der Waals surface area contributed by atoms with Crippen LogP contribution in [0, 0.1) is 25.6 Å². The largest absolute Gasteiger partial charge is 0.492 e. The second-order valence-corrected chi connectivity index (χ2v) is 10.4. The number of aromatic amines is 1. The molecule has 2 aliphatic carbocycles. The van der Waals surface area contributed by atoms with Crippen LogP contribution < -0.4 is 15.4 Å². The van der Waals surface area contributed by atoms with Gasteiger partial charge < -0.3 is 25.1 Å². The van der Waals surface area contributed by atoms with Gasteiger partial charge in [-0.2, -0.15) is 0 Å². The lowest BCUT2D eigenvalue weighted by atomic mass is 9.91. The van der Waals surface area contributed by atoms with E-state index >= 15 is 0 Å². The molecule has 0 unspecified atom stereocenters. The summed E-state index contributed by atoms with van der Waals surface area (Å²) in [5.74, 6) is 0.290. The molecule has 0 spiro atoms. The van der Waals surface area contributed by atoms with Crippen molar-refractivity contribution in [2.24, 2.45) is 5.92 Å². The van der Waals surface area contributed by atoms with Crippen molar-refractivity contribution in [1.82, 2.24) is 25.6 Å². The zero-order valence-electron chi connectivity index (χ0n) is 22.0. The molecule has 2 saturated carbocycles. The maximum absolute atomic E-state index is 14.4. The average Bonchev–Trinajstić information content (AvgIpc) is 3.65. The van der Waals surface area contributed by atoms with E-state index in [4.69, 9.17) is 9.47 Å². The molecule has 2 aliphatic rings. The average molecular weight is 524 g/mol. The zero-order valence-corrected chi connectivity index (χ0v) is 22.0. The van der Waals surface area contributed by atoms with Gasteiger partial charge >= 0.3 is 0 Å². The van der Waals surface area contributed by atoms with Gasteiger partial charge in [-0.15, -0.1) is 0 Å².